The van der Waals surface area contributed by atoms with E-state index >= 15 is 0 Å². The number of rotatable bonds is 4. The Balaban J connectivity index is 1.65. The molecular formula is C19H14Cl2FN3OS. The molecule has 0 spiro atoms. The first-order valence-corrected chi connectivity index (χ1v) is 10.1. The molecule has 1 aliphatic rings. The van der Waals surface area contributed by atoms with Crippen LogP contribution >= 0.6 is 35.0 Å². The Bertz CT molecular complexity index is 1000. The van der Waals surface area contributed by atoms with Crippen molar-refractivity contribution in [2.75, 3.05) is 5.32 Å². The summed E-state index contributed by atoms with van der Waals surface area (Å²) in [7, 11) is 0. The summed E-state index contributed by atoms with van der Waals surface area (Å²) in [6, 6.07) is 11.6. The number of hydrogen-bond acceptors (Lipinski definition) is 3. The van der Waals surface area contributed by atoms with Gasteiger partial charge in [0.05, 0.1) is 17.8 Å². The van der Waals surface area contributed by atoms with Crippen LogP contribution in [-0.2, 0) is 22.7 Å². The normalized spacial score (nSPS) is 12.9. The third-order valence-corrected chi connectivity index (χ3v) is 5.86. The molecule has 0 unspecified atom stereocenters. The van der Waals surface area contributed by atoms with Gasteiger partial charge in [-0.05, 0) is 36.4 Å². The van der Waals surface area contributed by atoms with Gasteiger partial charge < -0.3 is 5.32 Å². The topological polar surface area (TPSA) is 46.9 Å². The first-order valence-electron chi connectivity index (χ1n) is 8.20. The van der Waals surface area contributed by atoms with Gasteiger partial charge in [0.1, 0.15) is 11.6 Å². The fraction of sp³-hybridized carbons (Fsp3) is 0.158. The predicted octanol–water partition coefficient (Wildman–Crippen LogP) is 5.25. The number of halogens is 3. The Morgan fingerprint density at radius 2 is 1.96 bits per heavy atom. The van der Waals surface area contributed by atoms with E-state index in [1.165, 1.54) is 12.1 Å². The summed E-state index contributed by atoms with van der Waals surface area (Å²) in [4.78, 5) is 12.6. The molecule has 3 aromatic rings. The molecule has 0 bridgehead atoms. The smallest absolute Gasteiger partial charge is 0.230 e. The van der Waals surface area contributed by atoms with Crippen molar-refractivity contribution in [3.05, 3.63) is 75.1 Å². The first-order chi connectivity index (χ1) is 13.0. The number of carbonyl (C=O) groups is 1. The van der Waals surface area contributed by atoms with Crippen LogP contribution < -0.4 is 5.32 Å². The maximum atomic E-state index is 14.0. The first kappa shape index (κ1) is 18.3. The van der Waals surface area contributed by atoms with E-state index in [2.05, 4.69) is 10.4 Å². The van der Waals surface area contributed by atoms with Crippen LogP contribution in [0.25, 0.3) is 5.69 Å². The second kappa shape index (κ2) is 7.54. The number of nitrogens with zero attached hydrogens (tertiary/aromatic N) is 2. The van der Waals surface area contributed by atoms with E-state index in [0.717, 1.165) is 28.5 Å². The van der Waals surface area contributed by atoms with Crippen LogP contribution in [0.5, 0.6) is 0 Å². The van der Waals surface area contributed by atoms with Gasteiger partial charge in [0.25, 0.3) is 0 Å². The maximum absolute atomic E-state index is 14.0. The average molecular weight is 422 g/mol. The Hall–Kier alpha value is -2.02. The minimum atomic E-state index is -0.496. The number of benzene rings is 2. The van der Waals surface area contributed by atoms with Gasteiger partial charge in [-0.2, -0.15) is 16.9 Å². The van der Waals surface area contributed by atoms with Gasteiger partial charge >= 0.3 is 0 Å². The lowest BCUT2D eigenvalue weighted by Crippen LogP contribution is -2.19. The second-order valence-electron chi connectivity index (χ2n) is 6.08. The standard InChI is InChI=1S/C19H14Cl2FN3OS/c20-11-4-6-12(7-5-11)25-19(14-9-27-10-17(14)24-25)23-18(26)8-13-15(21)2-1-3-16(13)22/h1-7H,8-10H2,(H,23,26). The molecular weight excluding hydrogens is 408 g/mol. The lowest BCUT2D eigenvalue weighted by atomic mass is 10.1. The van der Waals surface area contributed by atoms with Gasteiger partial charge in [-0.15, -0.1) is 0 Å². The summed E-state index contributed by atoms with van der Waals surface area (Å²) in [5.74, 6) is 1.31. The van der Waals surface area contributed by atoms with Crippen molar-refractivity contribution in [3.8, 4) is 5.69 Å². The SMILES string of the molecule is O=C(Cc1c(F)cccc1Cl)Nc1c2c(nn1-c1ccc(Cl)cc1)CSC2. The highest BCUT2D eigenvalue weighted by molar-refractivity contribution is 7.98. The van der Waals surface area contributed by atoms with Crippen molar-refractivity contribution >= 4 is 46.7 Å². The molecule has 0 radical (unpaired) electrons. The van der Waals surface area contributed by atoms with Gasteiger partial charge in [-0.3, -0.25) is 4.79 Å². The van der Waals surface area contributed by atoms with Crippen LogP contribution in [0.15, 0.2) is 42.5 Å². The number of anilines is 1. The van der Waals surface area contributed by atoms with E-state index in [1.54, 1.807) is 34.6 Å². The molecule has 0 saturated carbocycles. The third kappa shape index (κ3) is 3.70. The van der Waals surface area contributed by atoms with E-state index in [4.69, 9.17) is 23.2 Å². The zero-order valence-corrected chi connectivity index (χ0v) is 16.3. The molecule has 1 N–H and O–H groups in total. The fourth-order valence-corrected chi connectivity index (χ4v) is 4.34. The third-order valence-electron chi connectivity index (χ3n) is 4.28. The highest BCUT2D eigenvalue weighted by atomic mass is 35.5. The lowest BCUT2D eigenvalue weighted by Gasteiger charge is -2.12. The van der Waals surface area contributed by atoms with Crippen LogP contribution in [0.4, 0.5) is 10.2 Å². The molecule has 1 amide bonds. The van der Waals surface area contributed by atoms with Gasteiger partial charge in [-0.25, -0.2) is 9.07 Å². The zero-order valence-electron chi connectivity index (χ0n) is 14.0. The molecule has 4 rings (SSSR count). The van der Waals surface area contributed by atoms with E-state index in [1.807, 2.05) is 12.1 Å². The van der Waals surface area contributed by atoms with E-state index in [-0.39, 0.29) is 22.9 Å². The molecule has 1 aromatic heterocycles. The van der Waals surface area contributed by atoms with E-state index in [0.29, 0.717) is 10.8 Å². The fourth-order valence-electron chi connectivity index (χ4n) is 2.95. The van der Waals surface area contributed by atoms with Crippen molar-refractivity contribution < 1.29 is 9.18 Å². The van der Waals surface area contributed by atoms with Gasteiger partial charge in [0, 0.05) is 32.7 Å². The molecule has 0 fully saturated rings. The number of fused-ring (bicyclic) bond motifs is 1. The quantitative estimate of drug-likeness (QED) is 0.625. The Morgan fingerprint density at radius 3 is 2.70 bits per heavy atom. The van der Waals surface area contributed by atoms with Gasteiger partial charge in [-0.1, -0.05) is 29.3 Å². The molecule has 8 heteroatoms. The molecule has 0 aliphatic carbocycles. The summed E-state index contributed by atoms with van der Waals surface area (Å²) >= 11 is 13.7. The van der Waals surface area contributed by atoms with Crippen molar-refractivity contribution in [1.82, 2.24) is 9.78 Å². The van der Waals surface area contributed by atoms with Crippen molar-refractivity contribution in [2.45, 2.75) is 17.9 Å². The monoisotopic (exact) mass is 421 g/mol. The van der Waals surface area contributed by atoms with Crippen LogP contribution in [0.3, 0.4) is 0 Å². The van der Waals surface area contributed by atoms with E-state index < -0.39 is 5.82 Å². The second-order valence-corrected chi connectivity index (χ2v) is 7.91. The van der Waals surface area contributed by atoms with Crippen LogP contribution in [0.1, 0.15) is 16.8 Å². The number of amides is 1. The summed E-state index contributed by atoms with van der Waals surface area (Å²) in [5.41, 5.74) is 2.90. The Kier molecular flexibility index (Phi) is 5.12. The minimum Gasteiger partial charge on any atom is -0.310 e. The van der Waals surface area contributed by atoms with Crippen molar-refractivity contribution in [1.29, 1.82) is 0 Å². The molecule has 27 heavy (non-hydrogen) atoms. The number of nitrogens with one attached hydrogen (secondary N) is 1. The molecule has 0 atom stereocenters. The van der Waals surface area contributed by atoms with Crippen molar-refractivity contribution in [3.63, 3.8) is 0 Å². The van der Waals surface area contributed by atoms with Crippen LogP contribution in [-0.4, -0.2) is 15.7 Å². The highest BCUT2D eigenvalue weighted by Gasteiger charge is 2.25. The Morgan fingerprint density at radius 1 is 1.19 bits per heavy atom. The Labute approximate surface area is 169 Å². The molecule has 138 valence electrons. The molecule has 1 aliphatic heterocycles. The van der Waals surface area contributed by atoms with Gasteiger partial charge in [0.2, 0.25) is 5.91 Å². The number of aromatic nitrogens is 2. The van der Waals surface area contributed by atoms with Gasteiger partial charge in [0.15, 0.2) is 0 Å². The summed E-state index contributed by atoms with van der Waals surface area (Å²) < 4.78 is 15.7. The maximum Gasteiger partial charge on any atom is 0.230 e. The van der Waals surface area contributed by atoms with Crippen LogP contribution in [0.2, 0.25) is 10.0 Å². The summed E-state index contributed by atoms with van der Waals surface area (Å²) in [6.45, 7) is 0. The summed E-state index contributed by atoms with van der Waals surface area (Å²) in [5, 5.41) is 8.37. The number of carbonyl (C=O) groups excluding carboxylic acids is 1. The largest absolute Gasteiger partial charge is 0.310 e. The highest BCUT2D eigenvalue weighted by Crippen LogP contribution is 2.36. The predicted molar refractivity (Wildman–Crippen MR) is 107 cm³/mol. The summed E-state index contributed by atoms with van der Waals surface area (Å²) in [6.07, 6.45) is -0.154. The number of hydrogen-bond donors (Lipinski definition) is 1. The molecule has 2 aromatic carbocycles. The molecule has 0 saturated heterocycles. The minimum absolute atomic E-state index is 0.154. The molecule has 2 heterocycles. The molecule has 4 nitrogen and oxygen atoms in total. The van der Waals surface area contributed by atoms with Crippen molar-refractivity contribution in [2.24, 2.45) is 0 Å². The van der Waals surface area contributed by atoms with Crippen LogP contribution in [0, 0.1) is 5.82 Å². The lowest BCUT2D eigenvalue weighted by molar-refractivity contribution is -0.115. The van der Waals surface area contributed by atoms with E-state index in [9.17, 15) is 9.18 Å². The number of thioether (sulfide) groups is 1. The zero-order chi connectivity index (χ0) is 19.0. The average Bonchev–Trinajstić information content (AvgIpc) is 3.22.